The molecule has 0 saturated heterocycles. The van der Waals surface area contributed by atoms with Crippen LogP contribution in [-0.2, 0) is 6.61 Å². The normalized spacial score (nSPS) is 8.50. The summed E-state index contributed by atoms with van der Waals surface area (Å²) in [6.45, 7) is 0.610. The van der Waals surface area contributed by atoms with Crippen LogP contribution in [0.3, 0.4) is 0 Å². The molecule has 78 valence electrons. The topological polar surface area (TPSA) is 9.23 Å². The van der Waals surface area contributed by atoms with Gasteiger partial charge in [0.1, 0.15) is 0 Å². The van der Waals surface area contributed by atoms with Crippen LogP contribution >= 0.6 is 0 Å². The summed E-state index contributed by atoms with van der Waals surface area (Å²) < 4.78 is 5.56. The molecule has 2 aromatic rings. The first kappa shape index (κ1) is 15.5. The molecule has 0 aliphatic heterocycles. The monoisotopic (exact) mass is 286 g/mol. The van der Waals surface area contributed by atoms with Crippen molar-refractivity contribution in [3.63, 3.8) is 0 Å². The van der Waals surface area contributed by atoms with E-state index in [1.165, 1.54) is 5.56 Å². The molecule has 0 spiro atoms. The largest absolute Gasteiger partial charge is 2.00 e. The van der Waals surface area contributed by atoms with Crippen molar-refractivity contribution in [1.82, 2.24) is 0 Å². The summed E-state index contributed by atoms with van der Waals surface area (Å²) in [5.41, 5.74) is 1.18. The Morgan fingerprint density at radius 2 is 1.75 bits per heavy atom. The van der Waals surface area contributed by atoms with E-state index in [4.69, 9.17) is 4.74 Å². The van der Waals surface area contributed by atoms with Gasteiger partial charge in [-0.2, -0.15) is 18.2 Å². The van der Waals surface area contributed by atoms with Gasteiger partial charge in [0.15, 0.2) is 0 Å². The smallest absolute Gasteiger partial charge is 1.00 e. The molecule has 16 heavy (non-hydrogen) atoms. The Hall–Kier alpha value is -0.514. The Morgan fingerprint density at radius 1 is 1.00 bits per heavy atom. The minimum Gasteiger partial charge on any atom is -1.00 e. The molecule has 0 bridgehead atoms. The third-order valence-electron chi connectivity index (χ3n) is 1.93. The van der Waals surface area contributed by atoms with Crippen molar-refractivity contribution in [1.29, 1.82) is 0 Å². The molecule has 0 radical (unpaired) electrons. The Morgan fingerprint density at radius 3 is 2.38 bits per heavy atom. The third kappa shape index (κ3) is 5.01. The van der Waals surface area contributed by atoms with Gasteiger partial charge in [-0.1, -0.05) is 30.3 Å². The van der Waals surface area contributed by atoms with Crippen molar-refractivity contribution in [2.75, 3.05) is 0 Å². The predicted octanol–water partition coefficient (Wildman–Crippen LogP) is -0.311. The predicted molar refractivity (Wildman–Crippen MR) is 61.8 cm³/mol. The van der Waals surface area contributed by atoms with Gasteiger partial charge in [0.2, 0.25) is 0 Å². The van der Waals surface area contributed by atoms with Gasteiger partial charge in [-0.05, 0) is 5.56 Å². The van der Waals surface area contributed by atoms with Crippen LogP contribution in [0, 0.1) is 6.07 Å². The summed E-state index contributed by atoms with van der Waals surface area (Å²) in [4.78, 5) is 0. The minimum absolute atomic E-state index is 0. The summed E-state index contributed by atoms with van der Waals surface area (Å²) in [6.07, 6.45) is 0. The van der Waals surface area contributed by atoms with E-state index in [0.29, 0.717) is 6.61 Å². The second kappa shape index (κ2) is 8.62. The first-order valence-electron chi connectivity index (χ1n) is 4.58. The molecule has 0 aliphatic rings. The van der Waals surface area contributed by atoms with Crippen molar-refractivity contribution in [2.24, 2.45) is 0 Å². The van der Waals surface area contributed by atoms with Crippen LogP contribution in [-0.4, -0.2) is 23.1 Å². The molecule has 0 unspecified atom stereocenters. The van der Waals surface area contributed by atoms with E-state index in [0.717, 1.165) is 5.75 Å². The number of hydrogen-bond donors (Lipinski definition) is 0. The van der Waals surface area contributed by atoms with Crippen LogP contribution < -0.4 is 21.7 Å². The van der Waals surface area contributed by atoms with Crippen LogP contribution in [0.4, 0.5) is 0 Å². The molecule has 0 amide bonds. The molecule has 3 heteroatoms. The third-order valence-corrected chi connectivity index (χ3v) is 1.93. The number of ether oxygens (including phenoxy) is 1. The first-order valence-corrected chi connectivity index (χ1v) is 4.58. The van der Waals surface area contributed by atoms with Crippen molar-refractivity contribution in [3.8, 4) is 5.75 Å². The van der Waals surface area contributed by atoms with Gasteiger partial charge in [0, 0.05) is 5.75 Å². The standard InChI is InChI=1S/C13H11O.BrH.Mg/c1-3-7-12(8-4-1)11-14-13-9-5-2-6-10-13;;/h1-5,7-10H,11H2;1H;/q-1;;+2/p-1. The average Bonchev–Trinajstić information content (AvgIpc) is 2.29. The molecule has 1 nitrogen and oxygen atoms in total. The maximum atomic E-state index is 5.56. The van der Waals surface area contributed by atoms with E-state index in [1.54, 1.807) is 0 Å². The average molecular weight is 287 g/mol. The summed E-state index contributed by atoms with van der Waals surface area (Å²) >= 11 is 0. The van der Waals surface area contributed by atoms with Crippen molar-refractivity contribution in [2.45, 2.75) is 6.61 Å². The first-order chi connectivity index (χ1) is 6.95. The van der Waals surface area contributed by atoms with E-state index >= 15 is 0 Å². The summed E-state index contributed by atoms with van der Waals surface area (Å²) in [6, 6.07) is 20.6. The molecule has 0 atom stereocenters. The number of hydrogen-bond acceptors (Lipinski definition) is 1. The maximum Gasteiger partial charge on any atom is 2.00 e. The van der Waals surface area contributed by atoms with E-state index < -0.39 is 0 Å². The summed E-state index contributed by atoms with van der Waals surface area (Å²) in [5.74, 6) is 0.858. The molecule has 0 heterocycles. The molecular weight excluding hydrogens is 276 g/mol. The zero-order valence-corrected chi connectivity index (χ0v) is 11.9. The van der Waals surface area contributed by atoms with Crippen LogP contribution in [0.1, 0.15) is 5.56 Å². The second-order valence-corrected chi connectivity index (χ2v) is 3.01. The Balaban J connectivity index is 0.00000112. The number of benzene rings is 2. The molecule has 0 fully saturated rings. The molecule has 0 aromatic heterocycles. The zero-order chi connectivity index (χ0) is 9.64. The van der Waals surface area contributed by atoms with Crippen molar-refractivity contribution < 1.29 is 21.7 Å². The van der Waals surface area contributed by atoms with E-state index in [-0.39, 0.29) is 40.0 Å². The van der Waals surface area contributed by atoms with Crippen LogP contribution in [0.15, 0.2) is 54.6 Å². The van der Waals surface area contributed by atoms with Gasteiger partial charge in [0.05, 0.1) is 6.61 Å². The second-order valence-electron chi connectivity index (χ2n) is 3.01. The van der Waals surface area contributed by atoms with Gasteiger partial charge >= 0.3 is 23.1 Å². The molecule has 0 aliphatic carbocycles. The maximum absolute atomic E-state index is 5.56. The van der Waals surface area contributed by atoms with Crippen molar-refractivity contribution >= 4 is 23.1 Å². The van der Waals surface area contributed by atoms with Crippen LogP contribution in [0.25, 0.3) is 0 Å². The quantitative estimate of drug-likeness (QED) is 0.556. The summed E-state index contributed by atoms with van der Waals surface area (Å²) in [7, 11) is 0. The van der Waals surface area contributed by atoms with E-state index in [2.05, 4.69) is 6.07 Å². The Bertz CT molecular complexity index is 338. The SMILES string of the molecule is [Br-].[Mg+2].[c-]1cccc(OCc2ccccc2)c1. The van der Waals surface area contributed by atoms with Gasteiger partial charge in [-0.3, -0.25) is 0 Å². The van der Waals surface area contributed by atoms with Crippen LogP contribution in [0.2, 0.25) is 0 Å². The van der Waals surface area contributed by atoms with Crippen LogP contribution in [0.5, 0.6) is 5.75 Å². The van der Waals surface area contributed by atoms with Gasteiger partial charge in [0.25, 0.3) is 0 Å². The van der Waals surface area contributed by atoms with Gasteiger partial charge in [-0.15, -0.1) is 12.1 Å². The zero-order valence-electron chi connectivity index (χ0n) is 8.90. The summed E-state index contributed by atoms with van der Waals surface area (Å²) in [5, 5.41) is 0. The Kier molecular flexibility index (Phi) is 8.34. The minimum atomic E-state index is 0. The molecule has 2 rings (SSSR count). The van der Waals surface area contributed by atoms with E-state index in [1.807, 2.05) is 54.6 Å². The molecule has 0 saturated carbocycles. The number of halogens is 1. The van der Waals surface area contributed by atoms with Crippen molar-refractivity contribution in [3.05, 3.63) is 66.2 Å². The Labute approximate surface area is 123 Å². The molecular formula is C13H11BrMgO. The fourth-order valence-electron chi connectivity index (χ4n) is 1.21. The fourth-order valence-corrected chi connectivity index (χ4v) is 1.21. The van der Waals surface area contributed by atoms with Gasteiger partial charge in [-0.25, -0.2) is 0 Å². The molecule has 0 N–H and O–H groups in total. The molecule has 2 aromatic carbocycles. The fraction of sp³-hybridized carbons (Fsp3) is 0.0769. The van der Waals surface area contributed by atoms with Gasteiger partial charge < -0.3 is 21.7 Å². The van der Waals surface area contributed by atoms with E-state index in [9.17, 15) is 0 Å². The number of rotatable bonds is 3.